The summed E-state index contributed by atoms with van der Waals surface area (Å²) >= 11 is 0. The summed E-state index contributed by atoms with van der Waals surface area (Å²) in [5.41, 5.74) is 6.35. The van der Waals surface area contributed by atoms with Crippen LogP contribution in [0.25, 0.3) is 11.7 Å². The molecule has 0 radical (unpaired) electrons. The number of aryl methyl sites for hydroxylation is 1. The molecule has 6 heteroatoms. The van der Waals surface area contributed by atoms with Crippen molar-refractivity contribution in [1.29, 1.82) is 0 Å². The Balaban J connectivity index is 2.24. The summed E-state index contributed by atoms with van der Waals surface area (Å²) < 4.78 is 10.2. The summed E-state index contributed by atoms with van der Waals surface area (Å²) in [7, 11) is 0. The van der Waals surface area contributed by atoms with Gasteiger partial charge in [-0.15, -0.1) is 0 Å². The van der Waals surface area contributed by atoms with Crippen LogP contribution in [0, 0.1) is 6.92 Å². The van der Waals surface area contributed by atoms with Crippen LogP contribution in [0.15, 0.2) is 15.3 Å². The SMILES string of the molecule is Cc1ncoc1-c1nc(CC(C)N)no1. The van der Waals surface area contributed by atoms with Crippen molar-refractivity contribution in [3.63, 3.8) is 0 Å². The van der Waals surface area contributed by atoms with E-state index in [4.69, 9.17) is 14.7 Å². The number of oxazole rings is 1. The normalized spacial score (nSPS) is 13.0. The molecule has 0 saturated carbocycles. The molecule has 80 valence electrons. The number of nitrogens with zero attached hydrogens (tertiary/aromatic N) is 3. The highest BCUT2D eigenvalue weighted by Crippen LogP contribution is 2.20. The zero-order valence-electron chi connectivity index (χ0n) is 8.60. The zero-order chi connectivity index (χ0) is 10.8. The fraction of sp³-hybridized carbons (Fsp3) is 0.444. The standard InChI is InChI=1S/C9H12N4O2/c1-5(10)3-7-12-9(15-13-7)8-6(2)11-4-14-8/h4-5H,3,10H2,1-2H3. The van der Waals surface area contributed by atoms with Gasteiger partial charge >= 0.3 is 0 Å². The monoisotopic (exact) mass is 208 g/mol. The Labute approximate surface area is 86.5 Å². The maximum absolute atomic E-state index is 5.62. The van der Waals surface area contributed by atoms with Crippen molar-refractivity contribution >= 4 is 0 Å². The summed E-state index contributed by atoms with van der Waals surface area (Å²) in [6.45, 7) is 3.70. The van der Waals surface area contributed by atoms with E-state index in [1.54, 1.807) is 0 Å². The van der Waals surface area contributed by atoms with E-state index in [2.05, 4.69) is 15.1 Å². The van der Waals surface area contributed by atoms with Crippen LogP contribution in [0.5, 0.6) is 0 Å². The Hall–Kier alpha value is -1.69. The van der Waals surface area contributed by atoms with Crippen molar-refractivity contribution < 1.29 is 8.94 Å². The van der Waals surface area contributed by atoms with Gasteiger partial charge in [-0.2, -0.15) is 4.98 Å². The van der Waals surface area contributed by atoms with Gasteiger partial charge in [0.15, 0.2) is 12.2 Å². The molecule has 1 atom stereocenters. The maximum Gasteiger partial charge on any atom is 0.295 e. The molecule has 15 heavy (non-hydrogen) atoms. The minimum atomic E-state index is 0.00581. The third-order valence-corrected chi connectivity index (χ3v) is 1.91. The Morgan fingerprint density at radius 2 is 2.33 bits per heavy atom. The lowest BCUT2D eigenvalue weighted by Crippen LogP contribution is -2.18. The van der Waals surface area contributed by atoms with Crippen molar-refractivity contribution in [1.82, 2.24) is 15.1 Å². The highest BCUT2D eigenvalue weighted by Gasteiger charge is 2.15. The van der Waals surface area contributed by atoms with Crippen LogP contribution in [0.3, 0.4) is 0 Å². The lowest BCUT2D eigenvalue weighted by atomic mass is 10.2. The molecule has 0 aliphatic carbocycles. The molecule has 6 nitrogen and oxygen atoms in total. The predicted molar refractivity (Wildman–Crippen MR) is 51.9 cm³/mol. The Bertz CT molecular complexity index is 446. The lowest BCUT2D eigenvalue weighted by Gasteiger charge is -1.96. The first-order valence-corrected chi connectivity index (χ1v) is 4.65. The van der Waals surface area contributed by atoms with Crippen LogP contribution < -0.4 is 5.73 Å². The Kier molecular flexibility index (Phi) is 2.51. The van der Waals surface area contributed by atoms with Gasteiger partial charge in [-0.05, 0) is 13.8 Å². The molecule has 2 rings (SSSR count). The Morgan fingerprint density at radius 1 is 1.53 bits per heavy atom. The largest absolute Gasteiger partial charge is 0.438 e. The average molecular weight is 208 g/mol. The zero-order valence-corrected chi connectivity index (χ0v) is 8.60. The van der Waals surface area contributed by atoms with E-state index in [0.29, 0.717) is 23.9 Å². The maximum atomic E-state index is 5.62. The quantitative estimate of drug-likeness (QED) is 0.806. The number of aromatic nitrogens is 3. The number of hydrogen-bond donors (Lipinski definition) is 1. The summed E-state index contributed by atoms with van der Waals surface area (Å²) in [6, 6.07) is 0.00581. The molecular weight excluding hydrogens is 196 g/mol. The molecule has 0 fully saturated rings. The van der Waals surface area contributed by atoms with E-state index < -0.39 is 0 Å². The second kappa shape index (κ2) is 3.82. The van der Waals surface area contributed by atoms with E-state index in [-0.39, 0.29) is 6.04 Å². The first-order valence-electron chi connectivity index (χ1n) is 4.65. The second-order valence-electron chi connectivity index (χ2n) is 3.46. The molecule has 2 heterocycles. The number of nitrogens with two attached hydrogens (primary N) is 1. The van der Waals surface area contributed by atoms with Gasteiger partial charge in [-0.3, -0.25) is 0 Å². The van der Waals surface area contributed by atoms with E-state index in [1.165, 1.54) is 6.39 Å². The first kappa shape index (κ1) is 9.85. The van der Waals surface area contributed by atoms with Gasteiger partial charge < -0.3 is 14.7 Å². The highest BCUT2D eigenvalue weighted by atomic mass is 16.5. The molecule has 0 spiro atoms. The van der Waals surface area contributed by atoms with Crippen molar-refractivity contribution in [3.05, 3.63) is 17.9 Å². The molecular formula is C9H12N4O2. The number of hydrogen-bond acceptors (Lipinski definition) is 6. The van der Waals surface area contributed by atoms with E-state index in [0.717, 1.165) is 5.69 Å². The summed E-state index contributed by atoms with van der Waals surface area (Å²) in [5.74, 6) is 1.44. The van der Waals surface area contributed by atoms with Crippen molar-refractivity contribution in [2.75, 3.05) is 0 Å². The molecule has 0 aromatic carbocycles. The van der Waals surface area contributed by atoms with Gasteiger partial charge in [0.2, 0.25) is 5.76 Å². The minimum absolute atomic E-state index is 0.00581. The third kappa shape index (κ3) is 2.04. The summed E-state index contributed by atoms with van der Waals surface area (Å²) in [5, 5.41) is 3.80. The van der Waals surface area contributed by atoms with Crippen molar-refractivity contribution in [3.8, 4) is 11.7 Å². The van der Waals surface area contributed by atoms with Gasteiger partial charge in [0.05, 0.1) is 5.69 Å². The summed E-state index contributed by atoms with van der Waals surface area (Å²) in [6.07, 6.45) is 1.93. The molecule has 0 saturated heterocycles. The smallest absolute Gasteiger partial charge is 0.295 e. The van der Waals surface area contributed by atoms with Gasteiger partial charge in [0.25, 0.3) is 5.89 Å². The second-order valence-corrected chi connectivity index (χ2v) is 3.46. The van der Waals surface area contributed by atoms with Gasteiger partial charge in [-0.1, -0.05) is 5.16 Å². The van der Waals surface area contributed by atoms with Crippen LogP contribution in [0.1, 0.15) is 18.4 Å². The van der Waals surface area contributed by atoms with Crippen molar-refractivity contribution in [2.45, 2.75) is 26.3 Å². The molecule has 2 aromatic heterocycles. The van der Waals surface area contributed by atoms with E-state index in [9.17, 15) is 0 Å². The van der Waals surface area contributed by atoms with Crippen LogP contribution in [-0.4, -0.2) is 21.2 Å². The molecule has 1 unspecified atom stereocenters. The van der Waals surface area contributed by atoms with Gasteiger partial charge in [0.1, 0.15) is 0 Å². The molecule has 2 aromatic rings. The topological polar surface area (TPSA) is 91.0 Å². The molecule has 0 bridgehead atoms. The van der Waals surface area contributed by atoms with Gasteiger partial charge in [-0.25, -0.2) is 4.98 Å². The van der Waals surface area contributed by atoms with E-state index in [1.807, 2.05) is 13.8 Å². The fourth-order valence-corrected chi connectivity index (χ4v) is 1.22. The molecule has 2 N–H and O–H groups in total. The van der Waals surface area contributed by atoms with E-state index >= 15 is 0 Å². The average Bonchev–Trinajstić information content (AvgIpc) is 2.72. The predicted octanol–water partition coefficient (Wildman–Crippen LogP) is 0.923. The van der Waals surface area contributed by atoms with Crippen LogP contribution in [0.2, 0.25) is 0 Å². The fourth-order valence-electron chi connectivity index (χ4n) is 1.22. The molecule has 0 amide bonds. The lowest BCUT2D eigenvalue weighted by molar-refractivity contribution is 0.407. The highest BCUT2D eigenvalue weighted by molar-refractivity contribution is 5.46. The van der Waals surface area contributed by atoms with Crippen molar-refractivity contribution in [2.24, 2.45) is 5.73 Å². The van der Waals surface area contributed by atoms with Gasteiger partial charge in [0, 0.05) is 12.5 Å². The summed E-state index contributed by atoms with van der Waals surface area (Å²) in [4.78, 5) is 8.11. The molecule has 0 aliphatic heterocycles. The minimum Gasteiger partial charge on any atom is -0.438 e. The van der Waals surface area contributed by atoms with Crippen LogP contribution in [0.4, 0.5) is 0 Å². The molecule has 0 aliphatic rings. The van der Waals surface area contributed by atoms with Crippen LogP contribution >= 0.6 is 0 Å². The van der Waals surface area contributed by atoms with Crippen LogP contribution in [-0.2, 0) is 6.42 Å². The third-order valence-electron chi connectivity index (χ3n) is 1.91. The Morgan fingerprint density at radius 3 is 2.93 bits per heavy atom. The number of rotatable bonds is 3. The first-order chi connectivity index (χ1) is 7.16.